The molecule has 8 heteroatoms. The molecular weight excluding hydrogens is 338 g/mol. The number of carbonyl (C=O) groups excluding carboxylic acids is 1. The number of nitrogens with one attached hydrogen (secondary N) is 2. The third-order valence-corrected chi connectivity index (χ3v) is 4.67. The lowest BCUT2D eigenvalue weighted by Gasteiger charge is -2.10. The Morgan fingerprint density at radius 1 is 1.00 bits per heavy atom. The first-order chi connectivity index (χ1) is 11.2. The van der Waals surface area contributed by atoms with Gasteiger partial charge in [0.15, 0.2) is 11.6 Å². The zero-order valence-electron chi connectivity index (χ0n) is 13.0. The molecule has 5 nitrogen and oxygen atoms in total. The van der Waals surface area contributed by atoms with Crippen molar-refractivity contribution in [3.63, 3.8) is 0 Å². The quantitative estimate of drug-likeness (QED) is 0.867. The lowest BCUT2D eigenvalue weighted by molar-refractivity contribution is 0.102. The SMILES string of the molecule is CC(C)NS(=O)(=O)c1ccc(C(=O)Nc2ccc(F)c(F)c2)cc1. The van der Waals surface area contributed by atoms with Crippen LogP contribution in [0.15, 0.2) is 47.4 Å². The molecule has 2 N–H and O–H groups in total. The van der Waals surface area contributed by atoms with Gasteiger partial charge in [0.1, 0.15) is 0 Å². The number of sulfonamides is 1. The van der Waals surface area contributed by atoms with E-state index in [1.54, 1.807) is 13.8 Å². The largest absolute Gasteiger partial charge is 0.322 e. The molecule has 0 aliphatic carbocycles. The molecule has 0 bridgehead atoms. The summed E-state index contributed by atoms with van der Waals surface area (Å²) < 4.78 is 52.4. The minimum atomic E-state index is -3.64. The van der Waals surface area contributed by atoms with Crippen LogP contribution in [0.1, 0.15) is 24.2 Å². The van der Waals surface area contributed by atoms with Crippen LogP contribution < -0.4 is 10.0 Å². The summed E-state index contributed by atoms with van der Waals surface area (Å²) in [5.74, 6) is -2.66. The summed E-state index contributed by atoms with van der Waals surface area (Å²) >= 11 is 0. The Morgan fingerprint density at radius 2 is 1.62 bits per heavy atom. The van der Waals surface area contributed by atoms with E-state index in [9.17, 15) is 22.0 Å². The van der Waals surface area contributed by atoms with Gasteiger partial charge < -0.3 is 5.32 Å². The molecule has 0 atom stereocenters. The summed E-state index contributed by atoms with van der Waals surface area (Å²) in [7, 11) is -3.64. The Kier molecular flexibility index (Phi) is 5.30. The van der Waals surface area contributed by atoms with Crippen molar-refractivity contribution in [1.29, 1.82) is 0 Å². The first-order valence-electron chi connectivity index (χ1n) is 7.08. The van der Waals surface area contributed by atoms with Crippen LogP contribution in [0.4, 0.5) is 14.5 Å². The number of benzene rings is 2. The molecule has 0 unspecified atom stereocenters. The van der Waals surface area contributed by atoms with E-state index in [1.807, 2.05) is 0 Å². The Bertz CT molecular complexity index is 850. The molecule has 0 aliphatic rings. The third-order valence-electron chi connectivity index (χ3n) is 3.00. The Hall–Kier alpha value is -2.32. The first kappa shape index (κ1) is 18.0. The van der Waals surface area contributed by atoms with Crippen LogP contribution in [0, 0.1) is 11.6 Å². The molecule has 0 spiro atoms. The Balaban J connectivity index is 2.15. The second-order valence-corrected chi connectivity index (χ2v) is 7.10. The lowest BCUT2D eigenvalue weighted by Crippen LogP contribution is -2.30. The average molecular weight is 354 g/mol. The molecule has 128 valence electrons. The molecule has 1 amide bonds. The molecule has 0 heterocycles. The molecule has 0 fully saturated rings. The van der Waals surface area contributed by atoms with Crippen molar-refractivity contribution in [3.8, 4) is 0 Å². The van der Waals surface area contributed by atoms with Gasteiger partial charge in [-0.25, -0.2) is 21.9 Å². The van der Waals surface area contributed by atoms with E-state index < -0.39 is 27.6 Å². The molecule has 0 saturated heterocycles. The monoisotopic (exact) mass is 354 g/mol. The number of carbonyl (C=O) groups is 1. The van der Waals surface area contributed by atoms with E-state index in [-0.39, 0.29) is 22.2 Å². The van der Waals surface area contributed by atoms with Gasteiger partial charge in [0.2, 0.25) is 10.0 Å². The van der Waals surface area contributed by atoms with Crippen LogP contribution >= 0.6 is 0 Å². The van der Waals surface area contributed by atoms with E-state index in [0.29, 0.717) is 0 Å². The average Bonchev–Trinajstić information content (AvgIpc) is 2.50. The van der Waals surface area contributed by atoms with Crippen LogP contribution in [0.25, 0.3) is 0 Å². The smallest absolute Gasteiger partial charge is 0.255 e. The first-order valence-corrected chi connectivity index (χ1v) is 8.56. The minimum absolute atomic E-state index is 0.0283. The lowest BCUT2D eigenvalue weighted by atomic mass is 10.2. The van der Waals surface area contributed by atoms with Crippen molar-refractivity contribution in [1.82, 2.24) is 4.72 Å². The van der Waals surface area contributed by atoms with Crippen molar-refractivity contribution in [2.75, 3.05) is 5.32 Å². The van der Waals surface area contributed by atoms with Gasteiger partial charge in [-0.2, -0.15) is 0 Å². The zero-order chi connectivity index (χ0) is 17.9. The summed E-state index contributed by atoms with van der Waals surface area (Å²) in [6.07, 6.45) is 0. The van der Waals surface area contributed by atoms with Gasteiger partial charge in [0.05, 0.1) is 4.90 Å². The van der Waals surface area contributed by atoms with Crippen LogP contribution in [-0.4, -0.2) is 20.4 Å². The summed E-state index contributed by atoms with van der Waals surface area (Å²) in [5, 5.41) is 2.41. The third kappa shape index (κ3) is 4.36. The fraction of sp³-hybridized carbons (Fsp3) is 0.188. The van der Waals surface area contributed by atoms with Crippen LogP contribution in [0.2, 0.25) is 0 Å². The summed E-state index contributed by atoms with van der Waals surface area (Å²) in [5.41, 5.74) is 0.278. The highest BCUT2D eigenvalue weighted by Gasteiger charge is 2.16. The highest BCUT2D eigenvalue weighted by molar-refractivity contribution is 7.89. The summed E-state index contributed by atoms with van der Waals surface area (Å²) in [4.78, 5) is 12.1. The number of anilines is 1. The Morgan fingerprint density at radius 3 is 2.17 bits per heavy atom. The van der Waals surface area contributed by atoms with E-state index in [2.05, 4.69) is 10.0 Å². The molecule has 2 aromatic rings. The Labute approximate surface area is 138 Å². The summed E-state index contributed by atoms with van der Waals surface area (Å²) in [6.45, 7) is 3.39. The van der Waals surface area contributed by atoms with Crippen LogP contribution in [-0.2, 0) is 10.0 Å². The van der Waals surface area contributed by atoms with Crippen molar-refractivity contribution < 1.29 is 22.0 Å². The molecule has 24 heavy (non-hydrogen) atoms. The molecule has 0 radical (unpaired) electrons. The van der Waals surface area contributed by atoms with Gasteiger partial charge in [-0.15, -0.1) is 0 Å². The van der Waals surface area contributed by atoms with Crippen LogP contribution in [0.3, 0.4) is 0 Å². The summed E-state index contributed by atoms with van der Waals surface area (Å²) in [6, 6.07) is 7.99. The second kappa shape index (κ2) is 7.06. The molecule has 0 aromatic heterocycles. The molecule has 0 aliphatic heterocycles. The molecule has 0 saturated carbocycles. The standard InChI is InChI=1S/C16H16F2N2O3S/c1-10(2)20-24(22,23)13-6-3-11(4-7-13)16(21)19-12-5-8-14(17)15(18)9-12/h3-10,20H,1-2H3,(H,19,21). The van der Waals surface area contributed by atoms with Crippen LogP contribution in [0.5, 0.6) is 0 Å². The van der Waals surface area contributed by atoms with E-state index >= 15 is 0 Å². The topological polar surface area (TPSA) is 75.3 Å². The fourth-order valence-corrected chi connectivity index (χ4v) is 3.19. The number of hydrogen-bond donors (Lipinski definition) is 2. The van der Waals surface area contributed by atoms with E-state index in [4.69, 9.17) is 0 Å². The van der Waals surface area contributed by atoms with Gasteiger partial charge in [-0.1, -0.05) is 0 Å². The van der Waals surface area contributed by atoms with Gasteiger partial charge in [0.25, 0.3) is 5.91 Å². The minimum Gasteiger partial charge on any atom is -0.322 e. The molecule has 2 rings (SSSR count). The van der Waals surface area contributed by atoms with Gasteiger partial charge >= 0.3 is 0 Å². The predicted molar refractivity (Wildman–Crippen MR) is 86.2 cm³/mol. The fourth-order valence-electron chi connectivity index (χ4n) is 1.94. The number of rotatable bonds is 5. The van der Waals surface area contributed by atoms with E-state index in [0.717, 1.165) is 12.1 Å². The van der Waals surface area contributed by atoms with E-state index in [1.165, 1.54) is 30.3 Å². The molecular formula is C16H16F2N2O3S. The zero-order valence-corrected chi connectivity index (χ0v) is 13.8. The van der Waals surface area contributed by atoms with Gasteiger partial charge in [-0.3, -0.25) is 4.79 Å². The highest BCUT2D eigenvalue weighted by atomic mass is 32.2. The number of hydrogen-bond acceptors (Lipinski definition) is 3. The number of halogens is 2. The van der Waals surface area contributed by atoms with Gasteiger partial charge in [0, 0.05) is 23.4 Å². The maximum Gasteiger partial charge on any atom is 0.255 e. The second-order valence-electron chi connectivity index (χ2n) is 5.38. The predicted octanol–water partition coefficient (Wildman–Crippen LogP) is 2.90. The molecule has 2 aromatic carbocycles. The number of amides is 1. The van der Waals surface area contributed by atoms with Crippen molar-refractivity contribution >= 4 is 21.6 Å². The van der Waals surface area contributed by atoms with Gasteiger partial charge in [-0.05, 0) is 50.2 Å². The normalized spacial score (nSPS) is 11.5. The maximum absolute atomic E-state index is 13.1. The van der Waals surface area contributed by atoms with Crippen molar-refractivity contribution in [2.24, 2.45) is 0 Å². The highest BCUT2D eigenvalue weighted by Crippen LogP contribution is 2.16. The maximum atomic E-state index is 13.1. The van der Waals surface area contributed by atoms with Crippen molar-refractivity contribution in [2.45, 2.75) is 24.8 Å². The van der Waals surface area contributed by atoms with Crippen molar-refractivity contribution in [3.05, 3.63) is 59.7 Å².